The zero-order valence-electron chi connectivity index (χ0n) is 26.4. The lowest BCUT2D eigenvalue weighted by atomic mass is 9.93. The van der Waals surface area contributed by atoms with Gasteiger partial charge in [0, 0.05) is 67.2 Å². The van der Waals surface area contributed by atoms with Gasteiger partial charge in [-0.15, -0.1) is 0 Å². The number of hydrogen-bond acceptors (Lipinski definition) is 10. The standard InChI is InChI=1S/C32H41Cl2N7O5S/c1-47(44,45)14-2-7-39-10-12-41(13-11-39)31-36-20-28(21-37-31)46-30-16-24(15-29(38-30)25-17-26(33)19-27(34)18-25)22-40-8-4-23(5-9-40)3-6-35-32(42)43/h15-21,23,35H,2-14,22H2,1H3,(H,42,43). The van der Waals surface area contributed by atoms with Crippen molar-refractivity contribution in [3.05, 3.63) is 58.3 Å². The average Bonchev–Trinajstić information content (AvgIpc) is 3.01. The van der Waals surface area contributed by atoms with E-state index in [0.29, 0.717) is 58.7 Å². The van der Waals surface area contributed by atoms with Gasteiger partial charge in [-0.2, -0.15) is 0 Å². The number of benzene rings is 1. The largest absolute Gasteiger partial charge is 0.465 e. The normalized spacial score (nSPS) is 16.7. The molecule has 5 rings (SSSR count). The molecule has 0 aliphatic carbocycles. The molecule has 2 aromatic heterocycles. The minimum absolute atomic E-state index is 0.207. The number of pyridine rings is 1. The van der Waals surface area contributed by atoms with Crippen molar-refractivity contribution in [2.24, 2.45) is 5.92 Å². The number of nitrogens with one attached hydrogen (secondary N) is 1. The molecule has 12 nitrogen and oxygen atoms in total. The summed E-state index contributed by atoms with van der Waals surface area (Å²) in [4.78, 5) is 31.4. The molecule has 1 aromatic carbocycles. The Kier molecular flexibility index (Phi) is 12.1. The molecule has 3 aromatic rings. The molecule has 2 N–H and O–H groups in total. The van der Waals surface area contributed by atoms with Crippen molar-refractivity contribution in [2.75, 3.05) is 69.3 Å². The number of sulfone groups is 1. The number of amides is 1. The number of aromatic nitrogens is 3. The van der Waals surface area contributed by atoms with Crippen molar-refractivity contribution in [1.29, 1.82) is 0 Å². The van der Waals surface area contributed by atoms with E-state index in [1.54, 1.807) is 18.5 Å². The number of rotatable bonds is 13. The van der Waals surface area contributed by atoms with Gasteiger partial charge in [0.25, 0.3) is 0 Å². The van der Waals surface area contributed by atoms with E-state index in [-0.39, 0.29) is 5.75 Å². The van der Waals surface area contributed by atoms with Crippen molar-refractivity contribution >= 4 is 45.1 Å². The number of hydrogen-bond donors (Lipinski definition) is 2. The Morgan fingerprint density at radius 1 is 0.979 bits per heavy atom. The van der Waals surface area contributed by atoms with Gasteiger partial charge in [-0.1, -0.05) is 23.2 Å². The molecule has 2 fully saturated rings. The molecule has 1 amide bonds. The van der Waals surface area contributed by atoms with Gasteiger partial charge < -0.3 is 20.1 Å². The summed E-state index contributed by atoms with van der Waals surface area (Å²) in [6.07, 6.45) is 7.09. The third-order valence-corrected chi connectivity index (χ3v) is 9.91. The van der Waals surface area contributed by atoms with Crippen LogP contribution in [0.15, 0.2) is 42.7 Å². The molecular formula is C32H41Cl2N7O5S. The molecule has 0 saturated carbocycles. The van der Waals surface area contributed by atoms with Crippen molar-refractivity contribution in [3.63, 3.8) is 0 Å². The number of likely N-dealkylation sites (tertiary alicyclic amines) is 1. The van der Waals surface area contributed by atoms with Crippen LogP contribution in [0.2, 0.25) is 10.0 Å². The van der Waals surface area contributed by atoms with E-state index in [2.05, 4.69) is 30.0 Å². The van der Waals surface area contributed by atoms with Crippen LogP contribution in [-0.2, 0) is 16.4 Å². The minimum atomic E-state index is -2.94. The number of carboxylic acid groups (broad SMARTS) is 1. The smallest absolute Gasteiger partial charge is 0.404 e. The summed E-state index contributed by atoms with van der Waals surface area (Å²) in [5, 5.41) is 12.3. The summed E-state index contributed by atoms with van der Waals surface area (Å²) in [6.45, 7) is 6.92. The molecule has 2 aliphatic rings. The molecule has 47 heavy (non-hydrogen) atoms. The lowest BCUT2D eigenvalue weighted by Gasteiger charge is -2.34. The van der Waals surface area contributed by atoms with E-state index in [9.17, 15) is 13.2 Å². The summed E-state index contributed by atoms with van der Waals surface area (Å²) < 4.78 is 29.0. The van der Waals surface area contributed by atoms with Crippen LogP contribution in [0.25, 0.3) is 11.3 Å². The van der Waals surface area contributed by atoms with Gasteiger partial charge in [0.1, 0.15) is 9.84 Å². The fourth-order valence-corrected chi connectivity index (χ4v) is 7.17. The van der Waals surface area contributed by atoms with E-state index in [4.69, 9.17) is 38.0 Å². The Labute approximate surface area is 286 Å². The molecule has 4 heterocycles. The number of anilines is 1. The first-order valence-electron chi connectivity index (χ1n) is 15.8. The van der Waals surface area contributed by atoms with Gasteiger partial charge in [-0.05, 0) is 81.1 Å². The van der Waals surface area contributed by atoms with E-state index in [1.165, 1.54) is 6.26 Å². The van der Waals surface area contributed by atoms with Crippen LogP contribution in [0.3, 0.4) is 0 Å². The number of piperidine rings is 1. The molecule has 15 heteroatoms. The molecule has 0 radical (unpaired) electrons. The Morgan fingerprint density at radius 2 is 1.66 bits per heavy atom. The van der Waals surface area contributed by atoms with Crippen LogP contribution in [-0.4, -0.2) is 109 Å². The first-order chi connectivity index (χ1) is 22.5. The molecule has 0 unspecified atom stereocenters. The Morgan fingerprint density at radius 3 is 2.30 bits per heavy atom. The fraction of sp³-hybridized carbons (Fsp3) is 0.500. The van der Waals surface area contributed by atoms with Gasteiger partial charge in [0.15, 0.2) is 5.75 Å². The maximum Gasteiger partial charge on any atom is 0.404 e. The zero-order valence-corrected chi connectivity index (χ0v) is 28.8. The summed E-state index contributed by atoms with van der Waals surface area (Å²) in [7, 11) is -2.94. The third-order valence-electron chi connectivity index (χ3n) is 8.44. The predicted molar refractivity (Wildman–Crippen MR) is 183 cm³/mol. The summed E-state index contributed by atoms with van der Waals surface area (Å²) in [6, 6.07) is 9.28. The molecule has 2 aliphatic heterocycles. The molecule has 0 bridgehead atoms. The fourth-order valence-electron chi connectivity index (χ4n) is 5.99. The van der Waals surface area contributed by atoms with E-state index in [1.807, 2.05) is 24.3 Å². The quantitative estimate of drug-likeness (QED) is 0.246. The number of halogens is 2. The van der Waals surface area contributed by atoms with Crippen molar-refractivity contribution < 1.29 is 23.1 Å². The van der Waals surface area contributed by atoms with Crippen molar-refractivity contribution in [1.82, 2.24) is 30.1 Å². The molecule has 0 spiro atoms. The highest BCUT2D eigenvalue weighted by Gasteiger charge is 2.21. The molecule has 0 atom stereocenters. The second kappa shape index (κ2) is 16.2. The van der Waals surface area contributed by atoms with Gasteiger partial charge in [-0.3, -0.25) is 9.80 Å². The summed E-state index contributed by atoms with van der Waals surface area (Å²) in [5.74, 6) is 2.19. The van der Waals surface area contributed by atoms with Crippen LogP contribution < -0.4 is 15.0 Å². The van der Waals surface area contributed by atoms with Crippen molar-refractivity contribution in [3.8, 4) is 22.9 Å². The average molecular weight is 707 g/mol. The van der Waals surface area contributed by atoms with Gasteiger partial charge in [0.2, 0.25) is 11.8 Å². The molecular weight excluding hydrogens is 665 g/mol. The third kappa shape index (κ3) is 11.2. The van der Waals surface area contributed by atoms with Crippen LogP contribution in [0, 0.1) is 5.92 Å². The highest BCUT2D eigenvalue weighted by atomic mass is 35.5. The van der Waals surface area contributed by atoms with Crippen molar-refractivity contribution in [2.45, 2.75) is 32.2 Å². The lowest BCUT2D eigenvalue weighted by molar-refractivity contribution is 0.168. The first-order valence-corrected chi connectivity index (χ1v) is 18.6. The van der Waals surface area contributed by atoms with E-state index in [0.717, 1.165) is 76.2 Å². The second-order valence-corrected chi connectivity index (χ2v) is 15.4. The lowest BCUT2D eigenvalue weighted by Crippen LogP contribution is -2.47. The van der Waals surface area contributed by atoms with Gasteiger partial charge in [-0.25, -0.2) is 28.2 Å². The maximum absolute atomic E-state index is 11.4. The summed E-state index contributed by atoms with van der Waals surface area (Å²) in [5.41, 5.74) is 2.49. The Bertz CT molecular complexity index is 1590. The monoisotopic (exact) mass is 705 g/mol. The zero-order chi connectivity index (χ0) is 33.4. The molecule has 254 valence electrons. The van der Waals surface area contributed by atoms with Gasteiger partial charge >= 0.3 is 6.09 Å². The highest BCUT2D eigenvalue weighted by Crippen LogP contribution is 2.31. The van der Waals surface area contributed by atoms with Gasteiger partial charge in [0.05, 0.1) is 23.8 Å². The van der Waals surface area contributed by atoms with Crippen LogP contribution >= 0.6 is 23.2 Å². The predicted octanol–water partition coefficient (Wildman–Crippen LogP) is 5.06. The topological polar surface area (TPSA) is 141 Å². The maximum atomic E-state index is 11.4. The Balaban J connectivity index is 1.23. The number of piperazine rings is 1. The van der Waals surface area contributed by atoms with Crippen LogP contribution in [0.4, 0.5) is 10.7 Å². The summed E-state index contributed by atoms with van der Waals surface area (Å²) >= 11 is 12.6. The van der Waals surface area contributed by atoms with E-state index < -0.39 is 15.9 Å². The SMILES string of the molecule is CS(=O)(=O)CCCN1CCN(c2ncc(Oc3cc(CN4CCC(CCNC(=O)O)CC4)cc(-c4cc(Cl)cc(Cl)c4)n3)cn2)CC1. The first kappa shape index (κ1) is 35.1. The van der Waals surface area contributed by atoms with Crippen LogP contribution in [0.1, 0.15) is 31.2 Å². The Hall–Kier alpha value is -3.23. The van der Waals surface area contributed by atoms with E-state index >= 15 is 0 Å². The number of carbonyl (C=O) groups is 1. The highest BCUT2D eigenvalue weighted by molar-refractivity contribution is 7.90. The molecule has 2 saturated heterocycles. The number of nitrogens with zero attached hydrogens (tertiary/aromatic N) is 6. The minimum Gasteiger partial charge on any atom is -0.465 e. The second-order valence-electron chi connectivity index (χ2n) is 12.2. The van der Waals surface area contributed by atoms with Crippen LogP contribution in [0.5, 0.6) is 11.6 Å². The number of ether oxygens (including phenoxy) is 1.